The Labute approximate surface area is 169 Å². The maximum absolute atomic E-state index is 9.77. The first-order valence-corrected chi connectivity index (χ1v) is 10.3. The highest BCUT2D eigenvalue weighted by molar-refractivity contribution is 7.10. The lowest BCUT2D eigenvalue weighted by Crippen LogP contribution is -2.19. The van der Waals surface area contributed by atoms with Crippen LogP contribution in [0.2, 0.25) is 0 Å². The summed E-state index contributed by atoms with van der Waals surface area (Å²) in [6.45, 7) is 6.36. The van der Waals surface area contributed by atoms with Gasteiger partial charge < -0.3 is 20.6 Å². The number of hydrogen-bond acceptors (Lipinski definition) is 4. The summed E-state index contributed by atoms with van der Waals surface area (Å²) in [6.07, 6.45) is 3.00. The number of nitrogens with two attached hydrogens (primary N) is 1. The van der Waals surface area contributed by atoms with Gasteiger partial charge in [0, 0.05) is 34.3 Å². The molecular formula is C22H27N3O2S. The number of hydrogen-bond donors (Lipinski definition) is 3. The Hall–Kier alpha value is -2.73. The van der Waals surface area contributed by atoms with E-state index in [4.69, 9.17) is 5.73 Å². The van der Waals surface area contributed by atoms with Crippen LogP contribution in [0.3, 0.4) is 0 Å². The first-order chi connectivity index (χ1) is 13.4. The van der Waals surface area contributed by atoms with E-state index < -0.39 is 0 Å². The number of phenolic OH excluding ortho intramolecular Hbond substituents is 1. The van der Waals surface area contributed by atoms with E-state index >= 15 is 0 Å². The van der Waals surface area contributed by atoms with E-state index in [-0.39, 0.29) is 11.6 Å². The molecule has 0 bridgehead atoms. The van der Waals surface area contributed by atoms with Gasteiger partial charge in [0.2, 0.25) is 0 Å². The number of thiophene rings is 1. The summed E-state index contributed by atoms with van der Waals surface area (Å²) < 4.78 is 2.05. The topological polar surface area (TPSA) is 83.8 Å². The highest BCUT2D eigenvalue weighted by Gasteiger charge is 2.27. The first kappa shape index (κ1) is 20.0. The number of rotatable bonds is 6. The van der Waals surface area contributed by atoms with E-state index in [0.717, 1.165) is 52.9 Å². The molecule has 2 aromatic heterocycles. The van der Waals surface area contributed by atoms with Gasteiger partial charge in [-0.05, 0) is 55.3 Å². The molecule has 0 saturated carbocycles. The maximum Gasteiger partial charge on any atom is 0.187 e. The van der Waals surface area contributed by atoms with Crippen molar-refractivity contribution in [2.24, 2.45) is 17.9 Å². The van der Waals surface area contributed by atoms with Crippen LogP contribution in [0.25, 0.3) is 22.3 Å². The van der Waals surface area contributed by atoms with Gasteiger partial charge in [0.25, 0.3) is 0 Å². The van der Waals surface area contributed by atoms with Crippen LogP contribution in [-0.2, 0) is 13.5 Å². The Balaban J connectivity index is 2.44. The average molecular weight is 398 g/mol. The summed E-state index contributed by atoms with van der Waals surface area (Å²) >= 11 is 1.70. The summed E-state index contributed by atoms with van der Waals surface area (Å²) in [5.41, 5.74) is 13.4. The second-order valence-electron chi connectivity index (χ2n) is 7.09. The number of benzene rings is 1. The molecular weight excluding hydrogens is 370 g/mol. The number of aromatic nitrogens is 1. The van der Waals surface area contributed by atoms with E-state index in [9.17, 15) is 10.3 Å². The zero-order chi connectivity index (χ0) is 20.4. The van der Waals surface area contributed by atoms with Crippen LogP contribution in [0.5, 0.6) is 5.75 Å². The molecule has 0 amide bonds. The van der Waals surface area contributed by atoms with Gasteiger partial charge in [0.1, 0.15) is 5.75 Å². The molecule has 3 aromatic rings. The van der Waals surface area contributed by atoms with E-state index in [0.29, 0.717) is 0 Å². The van der Waals surface area contributed by atoms with Crippen LogP contribution < -0.4 is 5.73 Å². The zero-order valence-corrected chi connectivity index (χ0v) is 17.6. The lowest BCUT2D eigenvalue weighted by Gasteiger charge is -2.11. The highest BCUT2D eigenvalue weighted by Crippen LogP contribution is 2.44. The molecule has 148 valence electrons. The number of aryl methyl sites for hydroxylation is 2. The number of nitrogens with zero attached hydrogens (tertiary/aromatic N) is 2. The Morgan fingerprint density at radius 3 is 2.36 bits per heavy atom. The Kier molecular flexibility index (Phi) is 5.79. The Bertz CT molecular complexity index is 994. The van der Waals surface area contributed by atoms with Gasteiger partial charge in [-0.3, -0.25) is 0 Å². The molecule has 6 heteroatoms. The Morgan fingerprint density at radius 1 is 1.14 bits per heavy atom. The van der Waals surface area contributed by atoms with Gasteiger partial charge in [-0.15, -0.1) is 11.3 Å². The Morgan fingerprint density at radius 2 is 1.82 bits per heavy atom. The molecule has 1 aromatic carbocycles. The van der Waals surface area contributed by atoms with Crippen molar-refractivity contribution < 1.29 is 10.3 Å². The van der Waals surface area contributed by atoms with Crippen LogP contribution in [-0.4, -0.2) is 20.7 Å². The normalized spacial score (nSPS) is 11.9. The fraction of sp³-hybridized carbons (Fsp3) is 0.318. The van der Waals surface area contributed by atoms with Crippen LogP contribution in [0.1, 0.15) is 41.6 Å². The summed E-state index contributed by atoms with van der Waals surface area (Å²) in [5.74, 6) is 0.334. The molecule has 0 atom stereocenters. The molecule has 0 unspecified atom stereocenters. The third kappa shape index (κ3) is 3.40. The van der Waals surface area contributed by atoms with E-state index in [2.05, 4.69) is 35.9 Å². The minimum Gasteiger partial charge on any atom is -0.508 e. The van der Waals surface area contributed by atoms with Gasteiger partial charge in [0.15, 0.2) is 5.84 Å². The number of aromatic hydroxyl groups is 1. The lowest BCUT2D eigenvalue weighted by molar-refractivity contribution is 0.318. The van der Waals surface area contributed by atoms with Gasteiger partial charge in [-0.2, -0.15) is 0 Å². The van der Waals surface area contributed by atoms with Gasteiger partial charge in [-0.1, -0.05) is 30.6 Å². The van der Waals surface area contributed by atoms with E-state index in [1.165, 1.54) is 10.4 Å². The minimum absolute atomic E-state index is 0.102. The molecule has 0 saturated heterocycles. The molecule has 0 spiro atoms. The predicted molar refractivity (Wildman–Crippen MR) is 116 cm³/mol. The van der Waals surface area contributed by atoms with Crippen molar-refractivity contribution in [3.8, 4) is 28.0 Å². The van der Waals surface area contributed by atoms with Crippen molar-refractivity contribution in [3.05, 3.63) is 51.5 Å². The third-order valence-corrected chi connectivity index (χ3v) is 6.23. The largest absolute Gasteiger partial charge is 0.508 e. The molecule has 4 N–H and O–H groups in total. The molecule has 28 heavy (non-hydrogen) atoms. The molecule has 0 aliphatic carbocycles. The maximum atomic E-state index is 9.77. The summed E-state index contributed by atoms with van der Waals surface area (Å²) in [7, 11) is 1.98. The fourth-order valence-electron chi connectivity index (χ4n) is 3.85. The number of phenols is 1. The molecule has 0 fully saturated rings. The molecule has 5 nitrogen and oxygen atoms in total. The predicted octanol–water partition coefficient (Wildman–Crippen LogP) is 5.18. The van der Waals surface area contributed by atoms with Crippen molar-refractivity contribution in [2.75, 3.05) is 0 Å². The minimum atomic E-state index is 0.102. The quantitative estimate of drug-likeness (QED) is 0.232. The van der Waals surface area contributed by atoms with Crippen LogP contribution in [0.15, 0.2) is 34.8 Å². The standard InChI is InChI=1S/C22H27N3O2S/c1-5-6-7-17-19(15-8-10-16(26)11-9-15)20(18-13(2)12-28-14(18)3)21(25(17)4)22(23)24-27/h8-12,26-27H,5-7H2,1-4H3,(H2,23,24). The fourth-order valence-corrected chi connectivity index (χ4v) is 4.70. The number of oxime groups is 1. The summed E-state index contributed by atoms with van der Waals surface area (Å²) in [6, 6.07) is 7.26. The van der Waals surface area contributed by atoms with E-state index in [1.807, 2.05) is 19.2 Å². The zero-order valence-electron chi connectivity index (χ0n) is 16.8. The molecule has 2 heterocycles. The number of amidine groups is 1. The van der Waals surface area contributed by atoms with Crippen LogP contribution in [0.4, 0.5) is 0 Å². The SMILES string of the molecule is CCCCc1c(-c2ccc(O)cc2)c(-c2c(C)csc2C)c(/C(N)=N/O)n1C. The van der Waals surface area contributed by atoms with Crippen molar-refractivity contribution in [1.82, 2.24) is 4.57 Å². The van der Waals surface area contributed by atoms with Crippen LogP contribution >= 0.6 is 11.3 Å². The van der Waals surface area contributed by atoms with Gasteiger partial charge in [0.05, 0.1) is 5.69 Å². The number of unbranched alkanes of at least 4 members (excludes halogenated alkanes) is 1. The summed E-state index contributed by atoms with van der Waals surface area (Å²) in [4.78, 5) is 1.19. The monoisotopic (exact) mass is 397 g/mol. The first-order valence-electron chi connectivity index (χ1n) is 9.44. The van der Waals surface area contributed by atoms with E-state index in [1.54, 1.807) is 23.5 Å². The molecule has 0 aliphatic heterocycles. The second-order valence-corrected chi connectivity index (χ2v) is 8.17. The molecule has 0 radical (unpaired) electrons. The average Bonchev–Trinajstić information content (AvgIpc) is 3.16. The van der Waals surface area contributed by atoms with Crippen molar-refractivity contribution >= 4 is 17.2 Å². The van der Waals surface area contributed by atoms with Gasteiger partial charge in [-0.25, -0.2) is 0 Å². The van der Waals surface area contributed by atoms with Crippen LogP contribution in [0, 0.1) is 13.8 Å². The highest BCUT2D eigenvalue weighted by atomic mass is 32.1. The van der Waals surface area contributed by atoms with Gasteiger partial charge >= 0.3 is 0 Å². The second kappa shape index (κ2) is 8.10. The van der Waals surface area contributed by atoms with Crippen molar-refractivity contribution in [1.29, 1.82) is 0 Å². The smallest absolute Gasteiger partial charge is 0.187 e. The van der Waals surface area contributed by atoms with Crippen molar-refractivity contribution in [2.45, 2.75) is 40.0 Å². The lowest BCUT2D eigenvalue weighted by atomic mass is 9.92. The third-order valence-electron chi connectivity index (χ3n) is 5.20. The summed E-state index contributed by atoms with van der Waals surface area (Å²) in [5, 5.41) is 24.7. The van der Waals surface area contributed by atoms with Crippen molar-refractivity contribution in [3.63, 3.8) is 0 Å². The molecule has 0 aliphatic rings. The molecule has 3 rings (SSSR count).